The highest BCUT2D eigenvalue weighted by atomic mass is 32.1. The number of hydrogen-bond donors (Lipinski definition) is 0. The largest absolute Gasteiger partial charge is 0.469 e. The Hall–Kier alpha value is -2.26. The van der Waals surface area contributed by atoms with Crippen LogP contribution < -0.4 is 0 Å². The number of carbonyl (C=O) groups excluding carboxylic acids is 3. The molecule has 7 nitrogen and oxygen atoms in total. The van der Waals surface area contributed by atoms with Crippen LogP contribution in [0.4, 0.5) is 0 Å². The molecule has 2 aromatic heterocycles. The molecule has 0 aromatic carbocycles. The van der Waals surface area contributed by atoms with Crippen molar-refractivity contribution in [1.29, 1.82) is 0 Å². The van der Waals surface area contributed by atoms with E-state index < -0.39 is 5.97 Å². The first-order chi connectivity index (χ1) is 13.1. The number of likely N-dealkylation sites (tertiary alicyclic amines) is 1. The van der Waals surface area contributed by atoms with E-state index >= 15 is 0 Å². The molecular weight excluding hydrogens is 388 g/mol. The number of thiophene rings is 1. The molecule has 27 heavy (non-hydrogen) atoms. The summed E-state index contributed by atoms with van der Waals surface area (Å²) in [5.41, 5.74) is 0.639. The molecule has 0 radical (unpaired) electrons. The Bertz CT molecular complexity index is 795. The van der Waals surface area contributed by atoms with Gasteiger partial charge < -0.3 is 14.4 Å². The van der Waals surface area contributed by atoms with Crippen LogP contribution in [0, 0.1) is 5.92 Å². The lowest BCUT2D eigenvalue weighted by atomic mass is 9.97. The van der Waals surface area contributed by atoms with E-state index in [2.05, 4.69) is 4.98 Å². The van der Waals surface area contributed by atoms with Crippen molar-refractivity contribution >= 4 is 40.5 Å². The van der Waals surface area contributed by atoms with Crippen LogP contribution in [0.15, 0.2) is 22.9 Å². The van der Waals surface area contributed by atoms with Crippen LogP contribution in [0.1, 0.15) is 18.5 Å². The lowest BCUT2D eigenvalue weighted by Crippen LogP contribution is -2.42. The van der Waals surface area contributed by atoms with Gasteiger partial charge >= 0.3 is 11.9 Å². The SMILES string of the molecule is COC(=O)C1CCN(C(=O)COC(=O)Cc2csc(-c3cccs3)n2)CC1. The molecule has 3 rings (SSSR count). The van der Waals surface area contributed by atoms with Crippen LogP contribution in [-0.2, 0) is 30.3 Å². The van der Waals surface area contributed by atoms with E-state index in [1.54, 1.807) is 16.2 Å². The Morgan fingerprint density at radius 2 is 2.04 bits per heavy atom. The second-order valence-corrected chi connectivity index (χ2v) is 7.94. The van der Waals surface area contributed by atoms with E-state index in [1.807, 2.05) is 22.9 Å². The number of ether oxygens (including phenoxy) is 2. The first kappa shape index (κ1) is 19.5. The number of methoxy groups -OCH3 is 1. The highest BCUT2D eigenvalue weighted by Crippen LogP contribution is 2.28. The molecule has 0 N–H and O–H groups in total. The quantitative estimate of drug-likeness (QED) is 0.682. The van der Waals surface area contributed by atoms with Crippen LogP contribution in [0.2, 0.25) is 0 Å². The predicted molar refractivity (Wildman–Crippen MR) is 101 cm³/mol. The standard InChI is InChI=1S/C18H20N2O5S2/c1-24-18(23)12-4-6-20(7-5-12)15(21)10-25-16(22)9-13-11-27-17(19-13)14-3-2-8-26-14/h2-3,8,11-12H,4-7,9-10H2,1H3. The van der Waals surface area contributed by atoms with Crippen molar-refractivity contribution in [3.8, 4) is 9.88 Å². The molecule has 0 bridgehead atoms. The van der Waals surface area contributed by atoms with Crippen LogP contribution in [0.3, 0.4) is 0 Å². The first-order valence-corrected chi connectivity index (χ1v) is 10.3. The Labute approximate surface area is 164 Å². The van der Waals surface area contributed by atoms with Gasteiger partial charge in [0.25, 0.3) is 5.91 Å². The van der Waals surface area contributed by atoms with Crippen LogP contribution in [0.25, 0.3) is 9.88 Å². The summed E-state index contributed by atoms with van der Waals surface area (Å²) in [4.78, 5) is 42.8. The fourth-order valence-electron chi connectivity index (χ4n) is 2.87. The van der Waals surface area contributed by atoms with Gasteiger partial charge in [0.15, 0.2) is 6.61 Å². The smallest absolute Gasteiger partial charge is 0.312 e. The molecule has 2 aromatic rings. The van der Waals surface area contributed by atoms with Crippen molar-refractivity contribution in [2.45, 2.75) is 19.3 Å². The Morgan fingerprint density at radius 1 is 1.26 bits per heavy atom. The number of rotatable bonds is 6. The lowest BCUT2D eigenvalue weighted by Gasteiger charge is -2.30. The van der Waals surface area contributed by atoms with E-state index in [0.717, 1.165) is 9.88 Å². The minimum Gasteiger partial charge on any atom is -0.469 e. The van der Waals surface area contributed by atoms with Gasteiger partial charge in [0.05, 0.1) is 30.0 Å². The second kappa shape index (κ2) is 9.09. The van der Waals surface area contributed by atoms with Crippen molar-refractivity contribution in [3.05, 3.63) is 28.6 Å². The average Bonchev–Trinajstić information content (AvgIpc) is 3.37. The maximum Gasteiger partial charge on any atom is 0.312 e. The van der Waals surface area contributed by atoms with Gasteiger partial charge in [0.1, 0.15) is 5.01 Å². The van der Waals surface area contributed by atoms with Crippen molar-refractivity contribution < 1.29 is 23.9 Å². The molecule has 1 aliphatic rings. The average molecular weight is 409 g/mol. The first-order valence-electron chi connectivity index (χ1n) is 8.56. The number of piperidine rings is 1. The van der Waals surface area contributed by atoms with Crippen molar-refractivity contribution in [2.75, 3.05) is 26.8 Å². The van der Waals surface area contributed by atoms with Gasteiger partial charge in [-0.2, -0.15) is 0 Å². The third-order valence-corrected chi connectivity index (χ3v) is 6.28. The number of esters is 2. The summed E-state index contributed by atoms with van der Waals surface area (Å²) >= 11 is 3.07. The van der Waals surface area contributed by atoms with Crippen LogP contribution in [0.5, 0.6) is 0 Å². The minimum absolute atomic E-state index is 0.0412. The topological polar surface area (TPSA) is 85.8 Å². The molecule has 0 spiro atoms. The normalized spacial score (nSPS) is 14.8. The number of carbonyl (C=O) groups is 3. The molecule has 1 fully saturated rings. The summed E-state index contributed by atoms with van der Waals surface area (Å²) in [5, 5.41) is 4.68. The van der Waals surface area contributed by atoms with Gasteiger partial charge in [-0.05, 0) is 24.3 Å². The van der Waals surface area contributed by atoms with Gasteiger partial charge in [0.2, 0.25) is 0 Å². The van der Waals surface area contributed by atoms with Gasteiger partial charge in [-0.1, -0.05) is 6.07 Å². The van der Waals surface area contributed by atoms with E-state index in [1.165, 1.54) is 18.4 Å². The fourth-order valence-corrected chi connectivity index (χ4v) is 4.50. The third-order valence-electron chi connectivity index (χ3n) is 4.35. The van der Waals surface area contributed by atoms with Gasteiger partial charge in [-0.3, -0.25) is 14.4 Å². The number of aromatic nitrogens is 1. The summed E-state index contributed by atoms with van der Waals surface area (Å²) in [6, 6.07) is 3.93. The van der Waals surface area contributed by atoms with Crippen LogP contribution >= 0.6 is 22.7 Å². The Balaban J connectivity index is 1.41. The number of thiazole rings is 1. The molecule has 144 valence electrons. The summed E-state index contributed by atoms with van der Waals surface area (Å²) < 4.78 is 9.83. The summed E-state index contributed by atoms with van der Waals surface area (Å²) in [6.07, 6.45) is 1.17. The maximum atomic E-state index is 12.2. The molecule has 1 amide bonds. The molecule has 0 saturated carbocycles. The minimum atomic E-state index is -0.476. The molecular formula is C18H20N2O5S2. The van der Waals surface area contributed by atoms with E-state index in [0.29, 0.717) is 31.6 Å². The molecule has 3 heterocycles. The van der Waals surface area contributed by atoms with Crippen molar-refractivity contribution in [3.63, 3.8) is 0 Å². The third kappa shape index (κ3) is 5.14. The molecule has 0 unspecified atom stereocenters. The summed E-state index contributed by atoms with van der Waals surface area (Å²) in [7, 11) is 1.37. The summed E-state index contributed by atoms with van der Waals surface area (Å²) in [5.74, 6) is -1.12. The van der Waals surface area contributed by atoms with Crippen LogP contribution in [-0.4, -0.2) is 54.5 Å². The predicted octanol–water partition coefficient (Wildman–Crippen LogP) is 2.37. The zero-order chi connectivity index (χ0) is 19.2. The molecule has 1 aliphatic heterocycles. The Morgan fingerprint density at radius 3 is 2.70 bits per heavy atom. The molecule has 0 atom stereocenters. The monoisotopic (exact) mass is 408 g/mol. The maximum absolute atomic E-state index is 12.2. The number of hydrogen-bond acceptors (Lipinski definition) is 8. The number of amides is 1. The van der Waals surface area contributed by atoms with E-state index in [9.17, 15) is 14.4 Å². The number of nitrogens with zero attached hydrogens (tertiary/aromatic N) is 2. The zero-order valence-corrected chi connectivity index (χ0v) is 16.5. The highest BCUT2D eigenvalue weighted by Gasteiger charge is 2.28. The van der Waals surface area contributed by atoms with Gasteiger partial charge in [0, 0.05) is 18.5 Å². The second-order valence-electron chi connectivity index (χ2n) is 6.14. The fraction of sp³-hybridized carbons (Fsp3) is 0.444. The molecule has 1 saturated heterocycles. The highest BCUT2D eigenvalue weighted by molar-refractivity contribution is 7.20. The Kier molecular flexibility index (Phi) is 6.57. The van der Waals surface area contributed by atoms with Gasteiger partial charge in [-0.15, -0.1) is 22.7 Å². The summed E-state index contributed by atoms with van der Waals surface area (Å²) in [6.45, 7) is 0.641. The van der Waals surface area contributed by atoms with Crippen molar-refractivity contribution in [1.82, 2.24) is 9.88 Å². The van der Waals surface area contributed by atoms with E-state index in [-0.39, 0.29) is 30.8 Å². The van der Waals surface area contributed by atoms with Gasteiger partial charge in [-0.25, -0.2) is 4.98 Å². The zero-order valence-electron chi connectivity index (χ0n) is 14.9. The van der Waals surface area contributed by atoms with E-state index in [4.69, 9.17) is 9.47 Å². The lowest BCUT2D eigenvalue weighted by molar-refractivity contribution is -0.153. The molecule has 0 aliphatic carbocycles. The van der Waals surface area contributed by atoms with Crippen molar-refractivity contribution in [2.24, 2.45) is 5.92 Å². The molecule has 9 heteroatoms.